The second-order valence-electron chi connectivity index (χ2n) is 5.07. The molecule has 1 rings (SSSR count). The van der Waals surface area contributed by atoms with Crippen LogP contribution in [0.1, 0.15) is 43.5 Å². The topological polar surface area (TPSA) is 37.3 Å². The summed E-state index contributed by atoms with van der Waals surface area (Å²) in [6, 6.07) is 7.71. The summed E-state index contributed by atoms with van der Waals surface area (Å²) in [7, 11) is 0. The van der Waals surface area contributed by atoms with Gasteiger partial charge >= 0.3 is 5.97 Å². The lowest BCUT2D eigenvalue weighted by Gasteiger charge is -2.20. The average Bonchev–Trinajstić information content (AvgIpc) is 2.29. The zero-order valence-corrected chi connectivity index (χ0v) is 13.0. The Morgan fingerprint density at radius 1 is 1.44 bits per heavy atom. The van der Waals surface area contributed by atoms with Crippen LogP contribution in [0.4, 0.5) is 0 Å². The predicted molar refractivity (Wildman–Crippen MR) is 78.4 cm³/mol. The molecule has 18 heavy (non-hydrogen) atoms. The number of hydrogen-bond acceptors (Lipinski definition) is 1. The van der Waals surface area contributed by atoms with E-state index in [0.29, 0.717) is 6.42 Å². The fraction of sp³-hybridized carbons (Fsp3) is 0.500. The third kappa shape index (κ3) is 4.29. The molecule has 0 spiro atoms. The van der Waals surface area contributed by atoms with Crippen LogP contribution in [0.15, 0.2) is 24.3 Å². The lowest BCUT2D eigenvalue weighted by atomic mass is 9.87. The highest BCUT2D eigenvalue weighted by molar-refractivity contribution is 9.09. The summed E-state index contributed by atoms with van der Waals surface area (Å²) in [5.74, 6) is -0.744. The third-order valence-corrected chi connectivity index (χ3v) is 4.38. The smallest absolute Gasteiger partial charge is 0.309 e. The molecular weight excluding hydrogens is 316 g/mol. The van der Waals surface area contributed by atoms with E-state index in [1.54, 1.807) is 13.8 Å². The van der Waals surface area contributed by atoms with Crippen molar-refractivity contribution in [3.63, 3.8) is 0 Å². The number of halogens is 2. The molecule has 0 aromatic heterocycles. The summed E-state index contributed by atoms with van der Waals surface area (Å²) in [5.41, 5.74) is 0.403. The van der Waals surface area contributed by atoms with Crippen LogP contribution in [-0.4, -0.2) is 11.1 Å². The van der Waals surface area contributed by atoms with Crippen molar-refractivity contribution in [2.24, 2.45) is 5.41 Å². The molecule has 0 fully saturated rings. The van der Waals surface area contributed by atoms with Gasteiger partial charge in [-0.05, 0) is 38.3 Å². The minimum atomic E-state index is -0.744. The molecule has 2 nitrogen and oxygen atoms in total. The Morgan fingerprint density at radius 2 is 2.06 bits per heavy atom. The Kier molecular flexibility index (Phi) is 5.67. The Labute approximate surface area is 121 Å². The second kappa shape index (κ2) is 6.58. The van der Waals surface area contributed by atoms with Crippen LogP contribution < -0.4 is 0 Å². The Morgan fingerprint density at radius 3 is 2.61 bits per heavy atom. The molecule has 4 heteroatoms. The van der Waals surface area contributed by atoms with E-state index in [1.165, 1.54) is 0 Å². The minimum Gasteiger partial charge on any atom is -0.481 e. The molecule has 0 saturated heterocycles. The van der Waals surface area contributed by atoms with Gasteiger partial charge in [-0.1, -0.05) is 52.2 Å². The van der Waals surface area contributed by atoms with Gasteiger partial charge in [0.25, 0.3) is 0 Å². The molecule has 0 heterocycles. The van der Waals surface area contributed by atoms with Gasteiger partial charge in [-0.3, -0.25) is 4.79 Å². The molecule has 1 aromatic carbocycles. The lowest BCUT2D eigenvalue weighted by molar-refractivity contribution is -0.147. The molecule has 0 radical (unpaired) electrons. The molecule has 0 aliphatic heterocycles. The summed E-state index contributed by atoms with van der Waals surface area (Å²) < 4.78 is 0. The highest BCUT2D eigenvalue weighted by Gasteiger charge is 2.26. The molecule has 0 aliphatic carbocycles. The van der Waals surface area contributed by atoms with Crippen LogP contribution in [0.25, 0.3) is 0 Å². The fourth-order valence-corrected chi connectivity index (χ4v) is 2.84. The fourth-order valence-electron chi connectivity index (χ4n) is 1.71. The number of hydrogen-bond donors (Lipinski definition) is 1. The molecule has 1 unspecified atom stereocenters. The number of carboxylic acid groups (broad SMARTS) is 1. The Bertz CT molecular complexity index is 418. The monoisotopic (exact) mass is 332 g/mol. The lowest BCUT2D eigenvalue weighted by Crippen LogP contribution is -2.23. The Balaban J connectivity index is 2.50. The van der Waals surface area contributed by atoms with Crippen molar-refractivity contribution < 1.29 is 9.90 Å². The van der Waals surface area contributed by atoms with E-state index in [9.17, 15) is 4.79 Å². The minimum absolute atomic E-state index is 0.177. The summed E-state index contributed by atoms with van der Waals surface area (Å²) in [5, 5.41) is 9.78. The van der Waals surface area contributed by atoms with Crippen LogP contribution >= 0.6 is 27.5 Å². The highest BCUT2D eigenvalue weighted by Crippen LogP contribution is 2.35. The first-order valence-corrected chi connectivity index (χ1v) is 7.26. The van der Waals surface area contributed by atoms with Crippen LogP contribution in [0.3, 0.4) is 0 Å². The molecule has 0 saturated carbocycles. The van der Waals surface area contributed by atoms with Gasteiger partial charge in [0.05, 0.1) is 5.41 Å². The van der Waals surface area contributed by atoms with Gasteiger partial charge in [0.1, 0.15) is 0 Å². The Hall–Kier alpha value is -0.540. The predicted octanol–water partition coefficient (Wildman–Crippen LogP) is 5.06. The van der Waals surface area contributed by atoms with Crippen LogP contribution in [0.5, 0.6) is 0 Å². The quantitative estimate of drug-likeness (QED) is 0.739. The SMILES string of the molecule is CC(C)(CCCC(Br)c1ccccc1Cl)C(=O)O. The first kappa shape index (κ1) is 15.5. The van der Waals surface area contributed by atoms with Gasteiger partial charge in [0.15, 0.2) is 0 Å². The average molecular weight is 334 g/mol. The van der Waals surface area contributed by atoms with Crippen molar-refractivity contribution in [3.05, 3.63) is 34.9 Å². The van der Waals surface area contributed by atoms with Gasteiger partial charge in [-0.2, -0.15) is 0 Å². The zero-order chi connectivity index (χ0) is 13.8. The van der Waals surface area contributed by atoms with Crippen molar-refractivity contribution >= 4 is 33.5 Å². The van der Waals surface area contributed by atoms with Gasteiger partial charge in [0, 0.05) is 9.85 Å². The van der Waals surface area contributed by atoms with Crippen molar-refractivity contribution in [2.75, 3.05) is 0 Å². The molecule has 100 valence electrons. The van der Waals surface area contributed by atoms with Crippen LogP contribution in [-0.2, 0) is 4.79 Å². The van der Waals surface area contributed by atoms with Gasteiger partial charge in [-0.25, -0.2) is 0 Å². The van der Waals surface area contributed by atoms with Gasteiger partial charge in [-0.15, -0.1) is 0 Å². The maximum absolute atomic E-state index is 11.0. The summed E-state index contributed by atoms with van der Waals surface area (Å²) >= 11 is 9.72. The van der Waals surface area contributed by atoms with E-state index < -0.39 is 11.4 Å². The first-order valence-electron chi connectivity index (χ1n) is 5.96. The van der Waals surface area contributed by atoms with E-state index in [1.807, 2.05) is 24.3 Å². The molecule has 0 amide bonds. The van der Waals surface area contributed by atoms with E-state index in [0.717, 1.165) is 23.4 Å². The van der Waals surface area contributed by atoms with Gasteiger partial charge in [0.2, 0.25) is 0 Å². The number of carbonyl (C=O) groups is 1. The summed E-state index contributed by atoms with van der Waals surface area (Å²) in [6.45, 7) is 3.52. The van der Waals surface area contributed by atoms with E-state index >= 15 is 0 Å². The maximum Gasteiger partial charge on any atom is 0.309 e. The largest absolute Gasteiger partial charge is 0.481 e. The van der Waals surface area contributed by atoms with E-state index in [-0.39, 0.29) is 4.83 Å². The van der Waals surface area contributed by atoms with Crippen molar-refractivity contribution in [1.82, 2.24) is 0 Å². The zero-order valence-electron chi connectivity index (χ0n) is 10.6. The number of rotatable bonds is 6. The molecule has 1 atom stereocenters. The third-order valence-electron chi connectivity index (χ3n) is 3.08. The summed E-state index contributed by atoms with van der Waals surface area (Å²) in [4.78, 5) is 11.2. The standard InChI is InChI=1S/C14H18BrClO2/c1-14(2,13(17)18)9-5-7-11(15)10-6-3-4-8-12(10)16/h3-4,6,8,11H,5,7,9H2,1-2H3,(H,17,18). The highest BCUT2D eigenvalue weighted by atomic mass is 79.9. The number of alkyl halides is 1. The van der Waals surface area contributed by atoms with E-state index in [2.05, 4.69) is 15.9 Å². The summed E-state index contributed by atoms with van der Waals surface area (Å²) in [6.07, 6.45) is 2.38. The second-order valence-corrected chi connectivity index (χ2v) is 6.58. The molecular formula is C14H18BrClO2. The number of carboxylic acids is 1. The normalized spacial score (nSPS) is 13.3. The molecule has 0 aliphatic rings. The van der Waals surface area contributed by atoms with Crippen molar-refractivity contribution in [2.45, 2.75) is 37.9 Å². The molecule has 1 aromatic rings. The molecule has 1 N–H and O–H groups in total. The number of aliphatic carboxylic acids is 1. The van der Waals surface area contributed by atoms with Crippen LogP contribution in [0.2, 0.25) is 5.02 Å². The number of benzene rings is 1. The van der Waals surface area contributed by atoms with Crippen LogP contribution in [0, 0.1) is 5.41 Å². The van der Waals surface area contributed by atoms with E-state index in [4.69, 9.17) is 16.7 Å². The molecule has 0 bridgehead atoms. The van der Waals surface area contributed by atoms with Crippen molar-refractivity contribution in [1.29, 1.82) is 0 Å². The van der Waals surface area contributed by atoms with Gasteiger partial charge < -0.3 is 5.11 Å². The van der Waals surface area contributed by atoms with Crippen molar-refractivity contribution in [3.8, 4) is 0 Å². The maximum atomic E-state index is 11.0. The first-order chi connectivity index (χ1) is 8.34.